The van der Waals surface area contributed by atoms with Crippen LogP contribution in [0.1, 0.15) is 24.7 Å². The van der Waals surface area contributed by atoms with Crippen molar-refractivity contribution >= 4 is 27.6 Å². The molecule has 2 amide bonds. The molecule has 0 bridgehead atoms. The molecule has 0 radical (unpaired) electrons. The number of hydrogen-bond donors (Lipinski definition) is 1. The first kappa shape index (κ1) is 15.8. The van der Waals surface area contributed by atoms with Gasteiger partial charge in [-0.15, -0.1) is 10.2 Å². The molecule has 7 nitrogen and oxygen atoms in total. The molecule has 3 rings (SSSR count). The second kappa shape index (κ2) is 6.57. The van der Waals surface area contributed by atoms with Gasteiger partial charge in [-0.05, 0) is 40.9 Å². The molecule has 23 heavy (non-hydrogen) atoms. The third-order valence-electron chi connectivity index (χ3n) is 3.96. The Morgan fingerprint density at radius 2 is 2.30 bits per heavy atom. The van der Waals surface area contributed by atoms with Gasteiger partial charge in [-0.1, -0.05) is 0 Å². The van der Waals surface area contributed by atoms with Crippen LogP contribution in [0, 0.1) is 0 Å². The number of benzene rings is 1. The van der Waals surface area contributed by atoms with Crippen molar-refractivity contribution in [3.8, 4) is 5.75 Å². The number of halogens is 1. The van der Waals surface area contributed by atoms with E-state index >= 15 is 0 Å². The number of aromatic nitrogens is 3. The van der Waals surface area contributed by atoms with E-state index in [0.717, 1.165) is 23.1 Å². The Hall–Kier alpha value is -2.09. The summed E-state index contributed by atoms with van der Waals surface area (Å²) in [6.07, 6.45) is 3.50. The molecule has 0 aliphatic carbocycles. The average molecular weight is 380 g/mol. The van der Waals surface area contributed by atoms with Crippen LogP contribution in [-0.4, -0.2) is 39.4 Å². The van der Waals surface area contributed by atoms with Crippen LogP contribution in [0.3, 0.4) is 0 Å². The maximum absolute atomic E-state index is 12.6. The lowest BCUT2D eigenvalue weighted by Crippen LogP contribution is -2.35. The van der Waals surface area contributed by atoms with Crippen molar-refractivity contribution in [2.45, 2.75) is 18.9 Å². The Morgan fingerprint density at radius 3 is 3.00 bits per heavy atom. The topological polar surface area (TPSA) is 72.3 Å². The molecule has 1 N–H and O–H groups in total. The van der Waals surface area contributed by atoms with Crippen molar-refractivity contribution in [1.29, 1.82) is 0 Å². The van der Waals surface area contributed by atoms with Crippen LogP contribution in [-0.2, 0) is 7.05 Å². The number of nitrogens with zero attached hydrogens (tertiary/aromatic N) is 4. The first-order valence-electron chi connectivity index (χ1n) is 7.35. The highest BCUT2D eigenvalue weighted by Gasteiger charge is 2.33. The van der Waals surface area contributed by atoms with Gasteiger partial charge in [0.05, 0.1) is 17.6 Å². The van der Waals surface area contributed by atoms with Gasteiger partial charge in [-0.25, -0.2) is 4.79 Å². The number of nitrogens with one attached hydrogen (secondary N) is 1. The molecule has 0 saturated carbocycles. The molecule has 1 fully saturated rings. The normalized spacial score (nSPS) is 17.3. The highest BCUT2D eigenvalue weighted by Crippen LogP contribution is 2.32. The van der Waals surface area contributed by atoms with E-state index in [-0.39, 0.29) is 12.1 Å². The molecule has 1 aliphatic heterocycles. The average Bonchev–Trinajstić information content (AvgIpc) is 3.17. The molecule has 2 aromatic rings. The van der Waals surface area contributed by atoms with Gasteiger partial charge in [0, 0.05) is 25.3 Å². The maximum atomic E-state index is 12.6. The predicted octanol–water partition coefficient (Wildman–Crippen LogP) is 2.96. The lowest BCUT2D eigenvalue weighted by atomic mass is 10.2. The van der Waals surface area contributed by atoms with Gasteiger partial charge < -0.3 is 19.5 Å². The Balaban J connectivity index is 1.76. The molecule has 1 aromatic carbocycles. The van der Waals surface area contributed by atoms with Gasteiger partial charge in [0.15, 0.2) is 5.82 Å². The molecule has 0 spiro atoms. The molecule has 1 atom stereocenters. The quantitative estimate of drug-likeness (QED) is 0.889. The van der Waals surface area contributed by atoms with Crippen LogP contribution in [0.25, 0.3) is 0 Å². The number of carbonyl (C=O) groups is 1. The van der Waals surface area contributed by atoms with E-state index in [0.29, 0.717) is 18.0 Å². The number of aryl methyl sites for hydroxylation is 1. The predicted molar refractivity (Wildman–Crippen MR) is 89.4 cm³/mol. The van der Waals surface area contributed by atoms with Crippen LogP contribution in [0.2, 0.25) is 0 Å². The molecule has 1 saturated heterocycles. The first-order chi connectivity index (χ1) is 11.1. The number of hydrogen-bond acceptors (Lipinski definition) is 4. The van der Waals surface area contributed by atoms with E-state index in [4.69, 9.17) is 4.74 Å². The zero-order valence-electron chi connectivity index (χ0n) is 13.0. The second-order valence-electron chi connectivity index (χ2n) is 5.43. The molecule has 0 unspecified atom stereocenters. The molecule has 122 valence electrons. The summed E-state index contributed by atoms with van der Waals surface area (Å²) in [5.41, 5.74) is 0.693. The summed E-state index contributed by atoms with van der Waals surface area (Å²) in [5.74, 6) is 1.49. The lowest BCUT2D eigenvalue weighted by Gasteiger charge is -2.24. The summed E-state index contributed by atoms with van der Waals surface area (Å²) < 4.78 is 7.96. The Morgan fingerprint density at radius 1 is 1.48 bits per heavy atom. The second-order valence-corrected chi connectivity index (χ2v) is 6.29. The Kier molecular flexibility index (Phi) is 4.51. The van der Waals surface area contributed by atoms with Crippen LogP contribution >= 0.6 is 15.9 Å². The summed E-state index contributed by atoms with van der Waals surface area (Å²) in [6.45, 7) is 0.705. The van der Waals surface area contributed by atoms with Crippen LogP contribution in [0.4, 0.5) is 10.5 Å². The molecular formula is C15H18BrN5O2. The monoisotopic (exact) mass is 379 g/mol. The molecule has 2 heterocycles. The fourth-order valence-corrected chi connectivity index (χ4v) is 3.21. The van der Waals surface area contributed by atoms with Crippen molar-refractivity contribution < 1.29 is 9.53 Å². The van der Waals surface area contributed by atoms with Gasteiger partial charge in [-0.3, -0.25) is 0 Å². The fraction of sp³-hybridized carbons (Fsp3) is 0.400. The van der Waals surface area contributed by atoms with E-state index in [1.165, 1.54) is 0 Å². The van der Waals surface area contributed by atoms with E-state index in [2.05, 4.69) is 31.4 Å². The number of amides is 2. The minimum atomic E-state index is -0.139. The van der Waals surface area contributed by atoms with Crippen molar-refractivity contribution in [3.05, 3.63) is 34.8 Å². The van der Waals surface area contributed by atoms with Crippen LogP contribution < -0.4 is 10.1 Å². The Bertz CT molecular complexity index is 718. The zero-order chi connectivity index (χ0) is 16.4. The number of carbonyl (C=O) groups excluding carboxylic acids is 1. The minimum absolute atomic E-state index is 0.0418. The SMILES string of the molecule is COc1cc(NC(=O)N2CCC[C@@H]2c2nncn2C)ccc1Br. The molecule has 8 heteroatoms. The standard InChI is InChI=1S/C15H18BrN5O2/c1-20-9-17-19-14(20)12-4-3-7-21(12)15(22)18-10-5-6-11(16)13(8-10)23-2/h5-6,8-9,12H,3-4,7H2,1-2H3,(H,18,22)/t12-/m1/s1. The first-order valence-corrected chi connectivity index (χ1v) is 8.14. The van der Waals surface area contributed by atoms with Gasteiger partial charge >= 0.3 is 6.03 Å². The summed E-state index contributed by atoms with van der Waals surface area (Å²) in [5, 5.41) is 11.0. The van der Waals surface area contributed by atoms with Crippen molar-refractivity contribution in [2.75, 3.05) is 19.0 Å². The third-order valence-corrected chi connectivity index (χ3v) is 4.62. The summed E-state index contributed by atoms with van der Waals surface area (Å²) in [4.78, 5) is 14.4. The van der Waals surface area contributed by atoms with E-state index in [1.807, 2.05) is 23.7 Å². The summed E-state index contributed by atoms with van der Waals surface area (Å²) in [6, 6.07) is 5.28. The van der Waals surface area contributed by atoms with Crippen molar-refractivity contribution in [1.82, 2.24) is 19.7 Å². The van der Waals surface area contributed by atoms with Crippen LogP contribution in [0.15, 0.2) is 29.0 Å². The van der Waals surface area contributed by atoms with E-state index in [1.54, 1.807) is 24.4 Å². The lowest BCUT2D eigenvalue weighted by molar-refractivity contribution is 0.204. The number of anilines is 1. The van der Waals surface area contributed by atoms with Crippen LogP contribution in [0.5, 0.6) is 5.75 Å². The van der Waals surface area contributed by atoms with Gasteiger partial charge in [0.25, 0.3) is 0 Å². The highest BCUT2D eigenvalue weighted by atomic mass is 79.9. The minimum Gasteiger partial charge on any atom is -0.495 e. The number of methoxy groups -OCH3 is 1. The van der Waals surface area contributed by atoms with Gasteiger partial charge in [0.2, 0.25) is 0 Å². The third kappa shape index (κ3) is 3.17. The number of rotatable bonds is 3. The summed E-state index contributed by atoms with van der Waals surface area (Å²) in [7, 11) is 3.49. The fourth-order valence-electron chi connectivity index (χ4n) is 2.80. The number of urea groups is 1. The van der Waals surface area contributed by atoms with Crippen molar-refractivity contribution in [3.63, 3.8) is 0 Å². The zero-order valence-corrected chi connectivity index (χ0v) is 14.6. The maximum Gasteiger partial charge on any atom is 0.322 e. The number of likely N-dealkylation sites (tertiary alicyclic amines) is 1. The highest BCUT2D eigenvalue weighted by molar-refractivity contribution is 9.10. The molecular weight excluding hydrogens is 362 g/mol. The van der Waals surface area contributed by atoms with E-state index in [9.17, 15) is 4.79 Å². The number of ether oxygens (including phenoxy) is 1. The van der Waals surface area contributed by atoms with E-state index < -0.39 is 0 Å². The van der Waals surface area contributed by atoms with Gasteiger partial charge in [-0.2, -0.15) is 0 Å². The Labute approximate surface area is 142 Å². The summed E-state index contributed by atoms with van der Waals surface area (Å²) >= 11 is 3.40. The smallest absolute Gasteiger partial charge is 0.322 e. The largest absolute Gasteiger partial charge is 0.495 e. The van der Waals surface area contributed by atoms with Crippen molar-refractivity contribution in [2.24, 2.45) is 7.05 Å². The molecule has 1 aliphatic rings. The molecule has 1 aromatic heterocycles. The van der Waals surface area contributed by atoms with Gasteiger partial charge in [0.1, 0.15) is 12.1 Å².